The number of carbonyl (C=O) groups excluding carboxylic acids is 2. The van der Waals surface area contributed by atoms with Gasteiger partial charge in [-0.05, 0) is 43.7 Å². The highest BCUT2D eigenvalue weighted by molar-refractivity contribution is 5.93. The zero-order chi connectivity index (χ0) is 19.9. The molecule has 3 N–H and O–H groups in total. The van der Waals surface area contributed by atoms with Crippen molar-refractivity contribution in [2.75, 3.05) is 25.0 Å². The summed E-state index contributed by atoms with van der Waals surface area (Å²) in [6.45, 7) is 15.7. The summed E-state index contributed by atoms with van der Waals surface area (Å²) >= 11 is 0. The molecule has 1 aromatic carbocycles. The van der Waals surface area contributed by atoms with Gasteiger partial charge in [0.2, 0.25) is 0 Å². The minimum atomic E-state index is -0.0470. The van der Waals surface area contributed by atoms with Crippen LogP contribution in [0.2, 0.25) is 0 Å². The molecular weight excluding hydrogens is 326 g/mol. The third-order valence-corrected chi connectivity index (χ3v) is 4.41. The number of amides is 2. The van der Waals surface area contributed by atoms with Crippen LogP contribution in [0.25, 0.3) is 0 Å². The van der Waals surface area contributed by atoms with Crippen molar-refractivity contribution in [3.05, 3.63) is 29.3 Å². The maximum absolute atomic E-state index is 12.7. The van der Waals surface area contributed by atoms with Crippen LogP contribution in [-0.4, -0.2) is 37.5 Å². The van der Waals surface area contributed by atoms with E-state index in [1.54, 1.807) is 0 Å². The Balaban J connectivity index is 2.88. The number of nitrogens with one attached hydrogen (secondary N) is 3. The summed E-state index contributed by atoms with van der Waals surface area (Å²) in [5.74, 6) is 0.593. The SMILES string of the molecule is CC[NH+](CC(=O)Nc1c(C(C)C)cccc1C(C)C)CC(=O)NC(C)C. The minimum absolute atomic E-state index is 0.0184. The Bertz CT molecular complexity index is 583. The molecule has 146 valence electrons. The van der Waals surface area contributed by atoms with E-state index in [0.717, 1.165) is 28.3 Å². The third-order valence-electron chi connectivity index (χ3n) is 4.41. The Morgan fingerprint density at radius 1 is 0.923 bits per heavy atom. The first kappa shape index (κ1) is 22.2. The highest BCUT2D eigenvalue weighted by Crippen LogP contribution is 2.32. The predicted octanol–water partition coefficient (Wildman–Crippen LogP) is 2.30. The van der Waals surface area contributed by atoms with E-state index >= 15 is 0 Å². The van der Waals surface area contributed by atoms with Crippen LogP contribution in [0.3, 0.4) is 0 Å². The van der Waals surface area contributed by atoms with Crippen molar-refractivity contribution in [1.29, 1.82) is 0 Å². The molecule has 5 nitrogen and oxygen atoms in total. The number of hydrogen-bond acceptors (Lipinski definition) is 2. The Labute approximate surface area is 158 Å². The number of quaternary nitrogens is 1. The van der Waals surface area contributed by atoms with Crippen molar-refractivity contribution < 1.29 is 14.5 Å². The van der Waals surface area contributed by atoms with Gasteiger partial charge in [0.25, 0.3) is 11.8 Å². The molecule has 0 bridgehead atoms. The van der Waals surface area contributed by atoms with Crippen molar-refractivity contribution in [1.82, 2.24) is 5.32 Å². The molecule has 0 spiro atoms. The molecule has 0 heterocycles. The molecule has 1 aromatic rings. The summed E-state index contributed by atoms with van der Waals surface area (Å²) in [6, 6.07) is 6.32. The quantitative estimate of drug-likeness (QED) is 0.631. The van der Waals surface area contributed by atoms with Crippen molar-refractivity contribution in [3.8, 4) is 0 Å². The van der Waals surface area contributed by atoms with E-state index in [2.05, 4.69) is 56.5 Å². The molecule has 0 aliphatic heterocycles. The average molecular weight is 363 g/mol. The number of hydrogen-bond donors (Lipinski definition) is 3. The molecule has 0 radical (unpaired) electrons. The van der Waals surface area contributed by atoms with Gasteiger partial charge in [-0.1, -0.05) is 45.9 Å². The normalized spacial score (nSPS) is 12.5. The number of para-hydroxylation sites is 1. The molecule has 1 unspecified atom stereocenters. The Morgan fingerprint density at radius 2 is 1.42 bits per heavy atom. The van der Waals surface area contributed by atoms with Gasteiger partial charge in [-0.3, -0.25) is 9.59 Å². The average Bonchev–Trinajstić information content (AvgIpc) is 2.52. The van der Waals surface area contributed by atoms with Gasteiger partial charge in [0, 0.05) is 11.7 Å². The Morgan fingerprint density at radius 3 is 1.85 bits per heavy atom. The fourth-order valence-electron chi connectivity index (χ4n) is 3.02. The number of rotatable bonds is 9. The van der Waals surface area contributed by atoms with Crippen molar-refractivity contribution >= 4 is 17.5 Å². The zero-order valence-electron chi connectivity index (χ0n) is 17.4. The van der Waals surface area contributed by atoms with Gasteiger partial charge in [-0.25, -0.2) is 0 Å². The lowest BCUT2D eigenvalue weighted by Gasteiger charge is -2.22. The van der Waals surface area contributed by atoms with Crippen LogP contribution >= 0.6 is 0 Å². The van der Waals surface area contributed by atoms with Gasteiger partial charge in [0.05, 0.1) is 6.54 Å². The first-order valence-electron chi connectivity index (χ1n) is 9.71. The molecule has 1 rings (SSSR count). The van der Waals surface area contributed by atoms with E-state index in [4.69, 9.17) is 0 Å². The van der Waals surface area contributed by atoms with Crippen LogP contribution in [0.5, 0.6) is 0 Å². The predicted molar refractivity (Wildman–Crippen MR) is 108 cm³/mol. The van der Waals surface area contributed by atoms with Gasteiger partial charge >= 0.3 is 0 Å². The first-order chi connectivity index (χ1) is 12.1. The number of benzene rings is 1. The van der Waals surface area contributed by atoms with E-state index < -0.39 is 0 Å². The molecule has 0 aliphatic rings. The van der Waals surface area contributed by atoms with Crippen molar-refractivity contribution in [2.24, 2.45) is 0 Å². The molecule has 0 saturated carbocycles. The molecular formula is C21H36N3O2+. The largest absolute Gasteiger partial charge is 0.349 e. The van der Waals surface area contributed by atoms with Crippen LogP contribution < -0.4 is 15.5 Å². The molecule has 1 atom stereocenters. The summed E-state index contributed by atoms with van der Waals surface area (Å²) in [5, 5.41) is 6.02. The van der Waals surface area contributed by atoms with Gasteiger partial charge in [0.1, 0.15) is 0 Å². The number of likely N-dealkylation sites (N-methyl/N-ethyl adjacent to an activating group) is 1. The maximum Gasteiger partial charge on any atom is 0.279 e. The van der Waals surface area contributed by atoms with Crippen molar-refractivity contribution in [3.63, 3.8) is 0 Å². The van der Waals surface area contributed by atoms with E-state index in [-0.39, 0.29) is 24.4 Å². The molecule has 0 aliphatic carbocycles. The highest BCUT2D eigenvalue weighted by Gasteiger charge is 2.20. The summed E-state index contributed by atoms with van der Waals surface area (Å²) in [5.41, 5.74) is 3.24. The molecule has 0 aromatic heterocycles. The lowest BCUT2D eigenvalue weighted by Crippen LogP contribution is -3.14. The minimum Gasteiger partial charge on any atom is -0.349 e. The Hall–Kier alpha value is -1.88. The summed E-state index contributed by atoms with van der Waals surface area (Å²) in [4.78, 5) is 25.6. The van der Waals surface area contributed by atoms with E-state index in [9.17, 15) is 9.59 Å². The molecule has 2 amide bonds. The van der Waals surface area contributed by atoms with E-state index in [0.29, 0.717) is 18.4 Å². The van der Waals surface area contributed by atoms with E-state index in [1.807, 2.05) is 20.8 Å². The first-order valence-corrected chi connectivity index (χ1v) is 9.71. The van der Waals surface area contributed by atoms with Crippen LogP contribution in [0.1, 0.15) is 71.4 Å². The van der Waals surface area contributed by atoms with Crippen LogP contribution in [-0.2, 0) is 9.59 Å². The smallest absolute Gasteiger partial charge is 0.279 e. The second kappa shape index (κ2) is 10.3. The lowest BCUT2D eigenvalue weighted by molar-refractivity contribution is -0.881. The fourth-order valence-corrected chi connectivity index (χ4v) is 3.02. The monoisotopic (exact) mass is 362 g/mol. The summed E-state index contributed by atoms with van der Waals surface area (Å²) in [7, 11) is 0. The van der Waals surface area contributed by atoms with Crippen LogP contribution in [0.4, 0.5) is 5.69 Å². The standard InChI is InChI=1S/C21H35N3O2/c1-8-24(12-19(25)22-16(6)7)13-20(26)23-21-17(14(2)3)10-9-11-18(21)15(4)5/h9-11,14-16H,8,12-13H2,1-7H3,(H,22,25)(H,23,26)/p+1. The van der Waals surface area contributed by atoms with E-state index in [1.165, 1.54) is 0 Å². The second-order valence-electron chi connectivity index (χ2n) is 7.85. The summed E-state index contributed by atoms with van der Waals surface area (Å²) in [6.07, 6.45) is 0. The molecule has 5 heteroatoms. The summed E-state index contributed by atoms with van der Waals surface area (Å²) < 4.78 is 0. The number of anilines is 1. The second-order valence-corrected chi connectivity index (χ2v) is 7.85. The maximum atomic E-state index is 12.7. The van der Waals surface area contributed by atoms with Crippen LogP contribution in [0, 0.1) is 0 Å². The van der Waals surface area contributed by atoms with Gasteiger partial charge < -0.3 is 15.5 Å². The van der Waals surface area contributed by atoms with Crippen molar-refractivity contribution in [2.45, 2.75) is 66.3 Å². The molecule has 0 saturated heterocycles. The van der Waals surface area contributed by atoms with Gasteiger partial charge in [-0.2, -0.15) is 0 Å². The third kappa shape index (κ3) is 6.79. The molecule has 26 heavy (non-hydrogen) atoms. The lowest BCUT2D eigenvalue weighted by atomic mass is 9.92. The zero-order valence-corrected chi connectivity index (χ0v) is 17.4. The number of carbonyl (C=O) groups is 2. The van der Waals surface area contributed by atoms with Gasteiger partial charge in [-0.15, -0.1) is 0 Å². The highest BCUT2D eigenvalue weighted by atomic mass is 16.2. The fraction of sp³-hybridized carbons (Fsp3) is 0.619. The van der Waals surface area contributed by atoms with Crippen LogP contribution in [0.15, 0.2) is 18.2 Å². The topological polar surface area (TPSA) is 62.6 Å². The molecule has 0 fully saturated rings. The Kier molecular flexibility index (Phi) is 8.79. The van der Waals surface area contributed by atoms with Gasteiger partial charge in [0.15, 0.2) is 13.1 Å².